The van der Waals surface area contributed by atoms with Crippen LogP contribution in [0.25, 0.3) is 0 Å². The van der Waals surface area contributed by atoms with E-state index in [1.54, 1.807) is 6.08 Å². The number of carbonyl (C=O) groups is 1. The largest absolute Gasteiger partial charge is 0.466 e. The molecule has 0 aliphatic carbocycles. The Hall–Kier alpha value is -0.830. The molecular weight excluding hydrogens is 156 g/mol. The zero-order valence-electron chi connectivity index (χ0n) is 7.78. The highest BCUT2D eigenvalue weighted by atomic mass is 16.5. The lowest BCUT2D eigenvalue weighted by molar-refractivity contribution is -0.134. The number of hydrogen-bond acceptors (Lipinski definition) is 3. The first-order chi connectivity index (χ1) is 5.57. The van der Waals surface area contributed by atoms with Crippen LogP contribution in [0.4, 0.5) is 0 Å². The molecule has 0 saturated heterocycles. The lowest BCUT2D eigenvalue weighted by atomic mass is 10.0. The summed E-state index contributed by atoms with van der Waals surface area (Å²) < 4.78 is 4.39. The Kier molecular flexibility index (Phi) is 5.37. The first-order valence-corrected chi connectivity index (χ1v) is 4.00. The van der Waals surface area contributed by atoms with Gasteiger partial charge in [-0.15, -0.1) is 0 Å². The first-order valence-electron chi connectivity index (χ1n) is 4.00. The summed E-state index contributed by atoms with van der Waals surface area (Å²) in [6.45, 7) is 3.85. The number of aliphatic hydroxyl groups excluding tert-OH is 1. The fourth-order valence-corrected chi connectivity index (χ4v) is 0.644. The SMILES string of the molecule is COC(=O)/C=C/C[C@@H](O)C(C)C. The van der Waals surface area contributed by atoms with Crippen LogP contribution in [0.5, 0.6) is 0 Å². The van der Waals surface area contributed by atoms with Gasteiger partial charge in [-0.3, -0.25) is 0 Å². The van der Waals surface area contributed by atoms with Crippen molar-refractivity contribution in [2.24, 2.45) is 5.92 Å². The molecule has 70 valence electrons. The number of hydrogen-bond donors (Lipinski definition) is 1. The Labute approximate surface area is 73.0 Å². The summed E-state index contributed by atoms with van der Waals surface area (Å²) in [7, 11) is 1.32. The average Bonchev–Trinajstić information content (AvgIpc) is 2.03. The molecule has 1 atom stereocenters. The number of ether oxygens (including phenoxy) is 1. The average molecular weight is 172 g/mol. The van der Waals surface area contributed by atoms with Crippen molar-refractivity contribution in [3.8, 4) is 0 Å². The summed E-state index contributed by atoms with van der Waals surface area (Å²) in [6.07, 6.45) is 3.06. The predicted octanol–water partition coefficient (Wildman–Crippen LogP) is 1.12. The molecule has 0 heterocycles. The summed E-state index contributed by atoms with van der Waals surface area (Å²) in [6, 6.07) is 0. The first kappa shape index (κ1) is 11.2. The van der Waals surface area contributed by atoms with Crippen molar-refractivity contribution in [3.63, 3.8) is 0 Å². The Balaban J connectivity index is 3.67. The van der Waals surface area contributed by atoms with Crippen molar-refractivity contribution in [1.29, 1.82) is 0 Å². The van der Waals surface area contributed by atoms with E-state index < -0.39 is 0 Å². The van der Waals surface area contributed by atoms with Gasteiger partial charge in [0, 0.05) is 6.08 Å². The Morgan fingerprint density at radius 2 is 2.17 bits per heavy atom. The summed E-state index contributed by atoms with van der Waals surface area (Å²) in [5.74, 6) is -0.168. The molecule has 0 saturated carbocycles. The van der Waals surface area contributed by atoms with Crippen molar-refractivity contribution in [2.45, 2.75) is 26.4 Å². The van der Waals surface area contributed by atoms with Gasteiger partial charge in [-0.1, -0.05) is 19.9 Å². The van der Waals surface area contributed by atoms with E-state index in [2.05, 4.69) is 4.74 Å². The minimum atomic E-state index is -0.383. The number of rotatable bonds is 4. The van der Waals surface area contributed by atoms with E-state index in [4.69, 9.17) is 0 Å². The molecule has 0 aromatic heterocycles. The van der Waals surface area contributed by atoms with Crippen molar-refractivity contribution >= 4 is 5.97 Å². The minimum Gasteiger partial charge on any atom is -0.466 e. The van der Waals surface area contributed by atoms with E-state index in [1.165, 1.54) is 13.2 Å². The highest BCUT2D eigenvalue weighted by Gasteiger charge is 2.06. The van der Waals surface area contributed by atoms with E-state index in [9.17, 15) is 9.90 Å². The summed E-state index contributed by atoms with van der Waals surface area (Å²) in [5.41, 5.74) is 0. The quantitative estimate of drug-likeness (QED) is 0.510. The van der Waals surface area contributed by atoms with Crippen LogP contribution in [-0.4, -0.2) is 24.3 Å². The molecule has 12 heavy (non-hydrogen) atoms. The second-order valence-electron chi connectivity index (χ2n) is 2.97. The van der Waals surface area contributed by atoms with Crippen LogP contribution in [-0.2, 0) is 9.53 Å². The molecule has 0 rings (SSSR count). The van der Waals surface area contributed by atoms with Gasteiger partial charge in [-0.05, 0) is 12.3 Å². The summed E-state index contributed by atoms with van der Waals surface area (Å²) in [4.78, 5) is 10.6. The molecule has 0 aliphatic heterocycles. The van der Waals surface area contributed by atoms with Crippen LogP contribution in [0.15, 0.2) is 12.2 Å². The summed E-state index contributed by atoms with van der Waals surface area (Å²) in [5, 5.41) is 9.31. The van der Waals surface area contributed by atoms with E-state index in [0.717, 1.165) is 0 Å². The third-order valence-corrected chi connectivity index (χ3v) is 1.60. The van der Waals surface area contributed by atoms with Gasteiger partial charge in [0.1, 0.15) is 0 Å². The monoisotopic (exact) mass is 172 g/mol. The number of carbonyl (C=O) groups excluding carboxylic acids is 1. The third-order valence-electron chi connectivity index (χ3n) is 1.60. The molecule has 0 aliphatic rings. The fourth-order valence-electron chi connectivity index (χ4n) is 0.644. The molecule has 0 unspecified atom stereocenters. The van der Waals surface area contributed by atoms with Gasteiger partial charge in [0.25, 0.3) is 0 Å². The minimum absolute atomic E-state index is 0.215. The van der Waals surface area contributed by atoms with Crippen molar-refractivity contribution in [3.05, 3.63) is 12.2 Å². The van der Waals surface area contributed by atoms with Gasteiger partial charge in [0.05, 0.1) is 13.2 Å². The van der Waals surface area contributed by atoms with Gasteiger partial charge < -0.3 is 9.84 Å². The normalized spacial score (nSPS) is 13.8. The molecule has 3 heteroatoms. The van der Waals surface area contributed by atoms with Gasteiger partial charge in [-0.2, -0.15) is 0 Å². The summed E-state index contributed by atoms with van der Waals surface area (Å²) >= 11 is 0. The molecule has 1 N–H and O–H groups in total. The van der Waals surface area contributed by atoms with Crippen LogP contribution in [0.1, 0.15) is 20.3 Å². The highest BCUT2D eigenvalue weighted by molar-refractivity contribution is 5.81. The zero-order valence-corrected chi connectivity index (χ0v) is 7.78. The van der Waals surface area contributed by atoms with Gasteiger partial charge in [0.2, 0.25) is 0 Å². The number of methoxy groups -OCH3 is 1. The number of aliphatic hydroxyl groups is 1. The zero-order chi connectivity index (χ0) is 9.56. The van der Waals surface area contributed by atoms with E-state index in [1.807, 2.05) is 13.8 Å². The molecule has 0 amide bonds. The third kappa shape index (κ3) is 4.91. The fraction of sp³-hybridized carbons (Fsp3) is 0.667. The molecule has 3 nitrogen and oxygen atoms in total. The second kappa shape index (κ2) is 5.77. The van der Waals surface area contributed by atoms with Crippen LogP contribution < -0.4 is 0 Å². The van der Waals surface area contributed by atoms with Crippen molar-refractivity contribution in [1.82, 2.24) is 0 Å². The van der Waals surface area contributed by atoms with Crippen LogP contribution >= 0.6 is 0 Å². The second-order valence-corrected chi connectivity index (χ2v) is 2.97. The molecule has 0 bridgehead atoms. The standard InChI is InChI=1S/C9H16O3/c1-7(2)8(10)5-4-6-9(11)12-3/h4,6-8,10H,5H2,1-3H3/b6-4+/t8-/m1/s1. The molecule has 0 aromatic rings. The Morgan fingerprint density at radius 1 is 1.58 bits per heavy atom. The van der Waals surface area contributed by atoms with E-state index in [0.29, 0.717) is 6.42 Å². The van der Waals surface area contributed by atoms with Gasteiger partial charge in [-0.25, -0.2) is 4.79 Å². The van der Waals surface area contributed by atoms with Crippen LogP contribution in [0.2, 0.25) is 0 Å². The van der Waals surface area contributed by atoms with Gasteiger partial charge >= 0.3 is 5.97 Å². The van der Waals surface area contributed by atoms with E-state index >= 15 is 0 Å². The maximum atomic E-state index is 10.6. The molecular formula is C9H16O3. The smallest absolute Gasteiger partial charge is 0.330 e. The Bertz CT molecular complexity index is 161. The Morgan fingerprint density at radius 3 is 2.58 bits per heavy atom. The predicted molar refractivity (Wildman–Crippen MR) is 46.6 cm³/mol. The lowest BCUT2D eigenvalue weighted by Gasteiger charge is -2.10. The number of esters is 1. The van der Waals surface area contributed by atoms with Crippen molar-refractivity contribution < 1.29 is 14.6 Å². The highest BCUT2D eigenvalue weighted by Crippen LogP contribution is 2.05. The molecule has 0 fully saturated rings. The van der Waals surface area contributed by atoms with Crippen LogP contribution in [0, 0.1) is 5.92 Å². The molecule has 0 spiro atoms. The maximum Gasteiger partial charge on any atom is 0.330 e. The van der Waals surface area contributed by atoms with Crippen molar-refractivity contribution in [2.75, 3.05) is 7.11 Å². The van der Waals surface area contributed by atoms with Crippen LogP contribution in [0.3, 0.4) is 0 Å². The molecule has 0 radical (unpaired) electrons. The van der Waals surface area contributed by atoms with Gasteiger partial charge in [0.15, 0.2) is 0 Å². The maximum absolute atomic E-state index is 10.6. The van der Waals surface area contributed by atoms with E-state index in [-0.39, 0.29) is 18.0 Å². The topological polar surface area (TPSA) is 46.5 Å². The lowest BCUT2D eigenvalue weighted by Crippen LogP contribution is -2.13. The molecule has 0 aromatic carbocycles.